The molecule has 11 rings (SSSR count). The minimum Gasteiger partial charge on any atom is -0.482 e. The molecule has 0 spiro atoms. The molecule has 308 valence electrons. The first-order chi connectivity index (χ1) is 30.2. The van der Waals surface area contributed by atoms with Gasteiger partial charge in [0.15, 0.2) is 11.2 Å². The molecule has 0 radical (unpaired) electrons. The maximum absolute atomic E-state index is 8.78. The van der Waals surface area contributed by atoms with Gasteiger partial charge in [-0.15, -0.1) is 0 Å². The predicted molar refractivity (Wildman–Crippen MR) is 249 cm³/mol. The molecule has 2 heterocycles. The van der Waals surface area contributed by atoms with E-state index < -0.39 is 16.7 Å². The zero-order chi connectivity index (χ0) is 40.7. The van der Waals surface area contributed by atoms with Gasteiger partial charge in [0.25, 0.3) is 0 Å². The van der Waals surface area contributed by atoms with Crippen LogP contribution < -0.4 is 9.47 Å². The summed E-state index contributed by atoms with van der Waals surface area (Å²) < 4.78 is 17.2. The standard InChI is InChI=1S/C57H58N2O2/c1-5-21-43(22-6-1)41-55(52-35-19-25-44-23-13-15-33-50(44)52)57(48-29-9-3-10-30-48,61-54-36-20-26-45-24-14-16-34-51(45)54)56(47-27-7-2-8-28-47,60-49-31-11-4-12-32-49)53(46-37-38-46)42-59(55)58-39-17-18-40-58/h1,3-6,9-16,19-26,29-36,46-47,53H,2,7-8,17-18,27-28,37-42H2. The van der Waals surface area contributed by atoms with Crippen LogP contribution in [0.25, 0.3) is 21.5 Å². The Morgan fingerprint density at radius 3 is 1.80 bits per heavy atom. The topological polar surface area (TPSA) is 24.9 Å². The third kappa shape index (κ3) is 6.40. The molecule has 0 N–H and O–H groups in total. The van der Waals surface area contributed by atoms with Crippen LogP contribution in [0, 0.1) is 17.8 Å². The summed E-state index contributed by atoms with van der Waals surface area (Å²) in [6, 6.07) is 65.4. The van der Waals surface area contributed by atoms with E-state index in [0.717, 1.165) is 55.8 Å². The van der Waals surface area contributed by atoms with Crippen LogP contribution in [0.2, 0.25) is 0 Å². The lowest BCUT2D eigenvalue weighted by atomic mass is 9.48. The summed E-state index contributed by atoms with van der Waals surface area (Å²) in [7, 11) is 0. The summed E-state index contributed by atoms with van der Waals surface area (Å²) in [6.45, 7) is 2.94. The Hall–Kier alpha value is -5.42. The highest BCUT2D eigenvalue weighted by atomic mass is 16.6. The molecule has 4 atom stereocenters. The highest BCUT2D eigenvalue weighted by molar-refractivity contribution is 5.89. The van der Waals surface area contributed by atoms with Crippen molar-refractivity contribution in [3.8, 4) is 11.5 Å². The second-order valence-corrected chi connectivity index (χ2v) is 18.4. The molecule has 4 heteroatoms. The molecule has 0 aromatic heterocycles. The second kappa shape index (κ2) is 16.1. The fourth-order valence-corrected chi connectivity index (χ4v) is 12.5. The van der Waals surface area contributed by atoms with Gasteiger partial charge in [-0.05, 0) is 89.9 Å². The molecule has 2 aliphatic carbocycles. The zero-order valence-electron chi connectivity index (χ0n) is 35.4. The van der Waals surface area contributed by atoms with Crippen LogP contribution in [0.3, 0.4) is 0 Å². The number of piperidine rings is 1. The molecule has 61 heavy (non-hydrogen) atoms. The smallest absolute Gasteiger partial charge is 0.198 e. The summed E-state index contributed by atoms with van der Waals surface area (Å²) in [5, 5.41) is 10.5. The van der Waals surface area contributed by atoms with E-state index in [1.807, 2.05) is 0 Å². The summed E-state index contributed by atoms with van der Waals surface area (Å²) >= 11 is 0. The van der Waals surface area contributed by atoms with Gasteiger partial charge in [0.05, 0.1) is 0 Å². The van der Waals surface area contributed by atoms with Crippen LogP contribution in [0.1, 0.15) is 74.5 Å². The Balaban J connectivity index is 1.37. The average molecular weight is 803 g/mol. The second-order valence-electron chi connectivity index (χ2n) is 18.4. The quantitative estimate of drug-likeness (QED) is 0.130. The molecular weight excluding hydrogens is 745 g/mol. The fourth-order valence-electron chi connectivity index (χ4n) is 12.5. The highest BCUT2D eigenvalue weighted by Gasteiger charge is 2.79. The van der Waals surface area contributed by atoms with Crippen LogP contribution in [-0.2, 0) is 17.6 Å². The number of fused-ring (bicyclic) bond motifs is 2. The van der Waals surface area contributed by atoms with Gasteiger partial charge in [-0.1, -0.05) is 177 Å². The van der Waals surface area contributed by atoms with E-state index >= 15 is 0 Å². The molecule has 4 nitrogen and oxygen atoms in total. The molecule has 2 saturated carbocycles. The molecule has 0 amide bonds. The van der Waals surface area contributed by atoms with E-state index in [9.17, 15) is 0 Å². The molecule has 2 aliphatic heterocycles. The minimum absolute atomic E-state index is 0.186. The summed E-state index contributed by atoms with van der Waals surface area (Å²) in [4.78, 5) is 0. The maximum atomic E-state index is 8.78. The fraction of sp³-hybridized carbons (Fsp3) is 0.333. The van der Waals surface area contributed by atoms with Crippen molar-refractivity contribution in [2.75, 3.05) is 19.6 Å². The van der Waals surface area contributed by atoms with Gasteiger partial charge < -0.3 is 9.47 Å². The van der Waals surface area contributed by atoms with Gasteiger partial charge in [-0.25, -0.2) is 10.0 Å². The lowest BCUT2D eigenvalue weighted by molar-refractivity contribution is -0.324. The molecule has 7 aromatic carbocycles. The predicted octanol–water partition coefficient (Wildman–Crippen LogP) is 13.2. The van der Waals surface area contributed by atoms with Crippen molar-refractivity contribution >= 4 is 21.5 Å². The van der Waals surface area contributed by atoms with Gasteiger partial charge in [0.1, 0.15) is 17.0 Å². The molecule has 2 saturated heterocycles. The van der Waals surface area contributed by atoms with Gasteiger partial charge in [-0.2, -0.15) is 0 Å². The normalized spacial score (nSPS) is 26.4. The lowest BCUT2D eigenvalue weighted by Crippen LogP contribution is -2.84. The molecule has 0 bridgehead atoms. The Labute approximate surface area is 362 Å². The van der Waals surface area contributed by atoms with Crippen molar-refractivity contribution in [1.82, 2.24) is 10.0 Å². The minimum atomic E-state index is -1.10. The van der Waals surface area contributed by atoms with E-state index in [1.165, 1.54) is 77.8 Å². The Bertz CT molecular complexity index is 2570. The number of rotatable bonds is 11. The van der Waals surface area contributed by atoms with E-state index in [-0.39, 0.29) is 11.8 Å². The maximum Gasteiger partial charge on any atom is 0.198 e. The SMILES string of the molecule is c1ccc(CC2(c3cccc4ccccc34)N(N3CCCC3)CC(C3CC3)C(Oc3ccccc3)(C3CCCCC3)C2(Oc2cccc3ccccc23)c2ccccc2)cc1. The van der Waals surface area contributed by atoms with Crippen molar-refractivity contribution in [1.29, 1.82) is 0 Å². The Morgan fingerprint density at radius 2 is 1.10 bits per heavy atom. The third-order valence-electron chi connectivity index (χ3n) is 15.1. The average Bonchev–Trinajstić information content (AvgIpc) is 4.03. The van der Waals surface area contributed by atoms with Crippen LogP contribution in [0.15, 0.2) is 176 Å². The van der Waals surface area contributed by atoms with Crippen LogP contribution >= 0.6 is 0 Å². The Morgan fingerprint density at radius 1 is 0.508 bits per heavy atom. The number of ether oxygens (including phenoxy) is 2. The third-order valence-corrected chi connectivity index (χ3v) is 15.1. The summed E-state index contributed by atoms with van der Waals surface area (Å²) in [6.07, 6.45) is 11.3. The van der Waals surface area contributed by atoms with Gasteiger partial charge in [0.2, 0.25) is 0 Å². The first kappa shape index (κ1) is 38.5. The molecule has 4 aliphatic rings. The van der Waals surface area contributed by atoms with Gasteiger partial charge >= 0.3 is 0 Å². The van der Waals surface area contributed by atoms with Gasteiger partial charge in [-0.3, -0.25) is 0 Å². The van der Waals surface area contributed by atoms with E-state index in [0.29, 0.717) is 5.92 Å². The van der Waals surface area contributed by atoms with Crippen molar-refractivity contribution in [2.24, 2.45) is 17.8 Å². The van der Waals surface area contributed by atoms with Gasteiger partial charge in [0, 0.05) is 48.8 Å². The van der Waals surface area contributed by atoms with E-state index in [2.05, 4.69) is 186 Å². The number of benzene rings is 7. The summed E-state index contributed by atoms with van der Waals surface area (Å²) in [5.41, 5.74) is 1.08. The number of hydrogen-bond donors (Lipinski definition) is 0. The van der Waals surface area contributed by atoms with E-state index in [4.69, 9.17) is 9.47 Å². The first-order valence-corrected chi connectivity index (χ1v) is 23.2. The molecule has 4 unspecified atom stereocenters. The zero-order valence-corrected chi connectivity index (χ0v) is 35.4. The number of nitrogens with zero attached hydrogens (tertiary/aromatic N) is 2. The number of para-hydroxylation sites is 1. The number of hydrogen-bond acceptors (Lipinski definition) is 4. The lowest BCUT2D eigenvalue weighted by Gasteiger charge is -2.71. The van der Waals surface area contributed by atoms with Crippen molar-refractivity contribution in [3.63, 3.8) is 0 Å². The van der Waals surface area contributed by atoms with Crippen LogP contribution in [0.5, 0.6) is 11.5 Å². The first-order valence-electron chi connectivity index (χ1n) is 23.2. The molecule has 4 fully saturated rings. The van der Waals surface area contributed by atoms with Crippen LogP contribution in [0.4, 0.5) is 0 Å². The largest absolute Gasteiger partial charge is 0.482 e. The highest BCUT2D eigenvalue weighted by Crippen LogP contribution is 2.69. The van der Waals surface area contributed by atoms with Crippen LogP contribution in [-0.4, -0.2) is 35.3 Å². The van der Waals surface area contributed by atoms with Crippen molar-refractivity contribution in [2.45, 2.75) is 80.9 Å². The summed E-state index contributed by atoms with van der Waals surface area (Å²) in [5.74, 6) is 2.77. The molecular formula is C57H58N2O2. The number of hydrazine groups is 1. The molecule has 7 aromatic rings. The van der Waals surface area contributed by atoms with Crippen molar-refractivity contribution in [3.05, 3.63) is 193 Å². The van der Waals surface area contributed by atoms with Crippen molar-refractivity contribution < 1.29 is 9.47 Å². The van der Waals surface area contributed by atoms with E-state index in [1.54, 1.807) is 0 Å². The Kier molecular flexibility index (Phi) is 10.2. The monoisotopic (exact) mass is 802 g/mol.